The van der Waals surface area contributed by atoms with E-state index in [9.17, 15) is 0 Å². The van der Waals surface area contributed by atoms with E-state index in [-0.39, 0.29) is 19.8 Å². The zero-order valence-corrected chi connectivity index (χ0v) is 13.4. The van der Waals surface area contributed by atoms with E-state index >= 15 is 0 Å². The largest absolute Gasteiger partial charge is 3.00 e. The van der Waals surface area contributed by atoms with Crippen LogP contribution >= 0.6 is 42.6 Å². The van der Waals surface area contributed by atoms with Gasteiger partial charge in [0.15, 0.2) is 0 Å². The molecule has 17 heavy (non-hydrogen) atoms. The molecule has 0 aliphatic heterocycles. The van der Waals surface area contributed by atoms with Crippen molar-refractivity contribution in [3.63, 3.8) is 0 Å². The van der Waals surface area contributed by atoms with Crippen LogP contribution in [0.1, 0.15) is 0 Å². The van der Waals surface area contributed by atoms with Gasteiger partial charge in [-0.15, -0.1) is 0 Å². The molecule has 0 unspecified atom stereocenters. The number of hydrogen-bond acceptors (Lipinski definition) is 9. The molecular formula is C3H9O9P5. The van der Waals surface area contributed by atoms with Crippen molar-refractivity contribution < 1.29 is 43.1 Å². The molecule has 100 valence electrons. The second kappa shape index (κ2) is 12.3. The first-order valence-corrected chi connectivity index (χ1v) is 8.95. The molecule has 0 aromatic carbocycles. The van der Waals surface area contributed by atoms with Gasteiger partial charge in [-0.3, -0.25) is 0 Å². The van der Waals surface area contributed by atoms with Gasteiger partial charge in [-0.2, -0.15) is 0 Å². The van der Waals surface area contributed by atoms with Gasteiger partial charge in [-0.25, -0.2) is 0 Å². The number of hydrogen-bond donors (Lipinski definition) is 0. The fraction of sp³-hybridized carbons (Fsp3) is 1.00. The standard InChI is InChI=1S/3CH5O3P.2P/c3*1-5(2,3)4;;/h3*1H3,(H2,2,3,4);;/q;;;2*+3/p-6. The Hall–Kier alpha value is 1.31. The third-order valence-electron chi connectivity index (χ3n) is 0. The van der Waals surface area contributed by atoms with Gasteiger partial charge < -0.3 is 43.1 Å². The molecule has 0 saturated carbocycles. The van der Waals surface area contributed by atoms with Crippen molar-refractivity contribution >= 4 is 42.6 Å². The van der Waals surface area contributed by atoms with Crippen molar-refractivity contribution in [3.8, 4) is 0 Å². The Morgan fingerprint density at radius 3 is 0.529 bits per heavy atom. The average molecular weight is 344 g/mol. The minimum absolute atomic E-state index is 0. The first kappa shape index (κ1) is 31.0. The van der Waals surface area contributed by atoms with Gasteiger partial charge in [0.1, 0.15) is 0 Å². The smallest absolute Gasteiger partial charge is 0.811 e. The molecule has 0 aliphatic rings. The summed E-state index contributed by atoms with van der Waals surface area (Å²) in [5.41, 5.74) is 0. The van der Waals surface area contributed by atoms with Crippen molar-refractivity contribution in [2.24, 2.45) is 0 Å². The van der Waals surface area contributed by atoms with Crippen LogP contribution in [0.15, 0.2) is 0 Å². The molecule has 0 aliphatic carbocycles. The van der Waals surface area contributed by atoms with E-state index in [0.717, 1.165) is 0 Å². The van der Waals surface area contributed by atoms with Crippen molar-refractivity contribution in [2.45, 2.75) is 0 Å². The molecule has 0 aromatic heterocycles. The van der Waals surface area contributed by atoms with Crippen LogP contribution in [0.2, 0.25) is 0 Å². The maximum absolute atomic E-state index is 9.10. The van der Waals surface area contributed by atoms with Gasteiger partial charge in [-0.05, 0) is 20.0 Å². The Morgan fingerprint density at radius 1 is 0.529 bits per heavy atom. The molecule has 0 atom stereocenters. The molecule has 0 spiro atoms. The summed E-state index contributed by atoms with van der Waals surface area (Å²) < 4.78 is 27.3. The van der Waals surface area contributed by atoms with Gasteiger partial charge in [0, 0.05) is 0 Å². The molecule has 4 radical (unpaired) electrons. The third kappa shape index (κ3) is 2360. The van der Waals surface area contributed by atoms with Crippen LogP contribution in [0, 0.1) is 0 Å². The summed E-state index contributed by atoms with van der Waals surface area (Å²) in [7, 11) is -12.4. The van der Waals surface area contributed by atoms with Gasteiger partial charge >= 0.3 is 19.8 Å². The molecule has 0 bridgehead atoms. The van der Waals surface area contributed by atoms with Gasteiger partial charge in [0.05, 0.1) is 0 Å². The Balaban J connectivity index is -0.0000000400. The van der Waals surface area contributed by atoms with Crippen LogP contribution in [0.3, 0.4) is 0 Å². The topological polar surface area (TPSA) is 190 Å². The van der Waals surface area contributed by atoms with Crippen LogP contribution in [0.25, 0.3) is 0 Å². The quantitative estimate of drug-likeness (QED) is 0.421. The first-order chi connectivity index (χ1) is 6.00. The Labute approximate surface area is 106 Å². The van der Waals surface area contributed by atoms with Crippen molar-refractivity contribution in [3.05, 3.63) is 0 Å². The molecule has 0 rings (SSSR count). The molecule has 0 fully saturated rings. The van der Waals surface area contributed by atoms with E-state index in [1.807, 2.05) is 0 Å². The zero-order valence-electron chi connectivity index (χ0n) is 8.91. The Morgan fingerprint density at radius 2 is 0.529 bits per heavy atom. The maximum atomic E-state index is 9.10. The minimum Gasteiger partial charge on any atom is -0.811 e. The molecule has 14 heteroatoms. The summed E-state index contributed by atoms with van der Waals surface area (Å²) in [5, 5.41) is 0. The molecule has 0 amide bonds. The Kier molecular flexibility index (Phi) is 22.5. The normalized spacial score (nSPS) is 10.4. The van der Waals surface area contributed by atoms with Crippen molar-refractivity contribution in [1.29, 1.82) is 0 Å². The fourth-order valence-electron chi connectivity index (χ4n) is 0. The van der Waals surface area contributed by atoms with Crippen LogP contribution in [-0.2, 0) is 13.7 Å². The van der Waals surface area contributed by atoms with E-state index in [4.69, 9.17) is 43.1 Å². The average Bonchev–Trinajstić information content (AvgIpc) is 1.41. The summed E-state index contributed by atoms with van der Waals surface area (Å²) in [6.45, 7) is 1.90. The SMILES string of the molecule is CP(=O)([O-])[O-].CP(=O)([O-])[O-].CP(=O)([O-])[O-].[P+3].[P+3]. The van der Waals surface area contributed by atoms with Gasteiger partial charge in [0.2, 0.25) is 0 Å². The molecule has 0 saturated heterocycles. The van der Waals surface area contributed by atoms with Crippen LogP contribution in [-0.4, -0.2) is 20.0 Å². The van der Waals surface area contributed by atoms with Gasteiger partial charge in [-0.1, -0.05) is 22.8 Å². The summed E-state index contributed by atoms with van der Waals surface area (Å²) in [4.78, 5) is 54.6. The monoisotopic (exact) mass is 344 g/mol. The molecule has 0 aromatic rings. The molecule has 0 heterocycles. The predicted octanol–water partition coefficient (Wildman–Crippen LogP) is -2.69. The summed E-state index contributed by atoms with van der Waals surface area (Å²) in [6, 6.07) is 0. The molecule has 0 N–H and O–H groups in total. The minimum atomic E-state index is -4.14. The second-order valence-corrected chi connectivity index (χ2v) is 6.94. The van der Waals surface area contributed by atoms with E-state index in [0.29, 0.717) is 20.0 Å². The zero-order chi connectivity index (χ0) is 13.5. The predicted molar refractivity (Wildman–Crippen MR) is 54.4 cm³/mol. The maximum Gasteiger partial charge on any atom is 3.00 e. The van der Waals surface area contributed by atoms with E-state index in [1.165, 1.54) is 0 Å². The second-order valence-electron chi connectivity index (χ2n) is 2.31. The van der Waals surface area contributed by atoms with Crippen molar-refractivity contribution in [1.82, 2.24) is 0 Å². The third-order valence-corrected chi connectivity index (χ3v) is 0. The summed E-state index contributed by atoms with van der Waals surface area (Å²) in [5.74, 6) is 0. The van der Waals surface area contributed by atoms with Crippen LogP contribution < -0.4 is 29.4 Å². The van der Waals surface area contributed by atoms with E-state index in [2.05, 4.69) is 0 Å². The Bertz CT molecular complexity index is 211. The van der Waals surface area contributed by atoms with Crippen LogP contribution in [0.4, 0.5) is 0 Å². The summed E-state index contributed by atoms with van der Waals surface area (Å²) in [6.07, 6.45) is 0. The van der Waals surface area contributed by atoms with Crippen molar-refractivity contribution in [2.75, 3.05) is 20.0 Å². The van der Waals surface area contributed by atoms with E-state index in [1.54, 1.807) is 0 Å². The molecular weight excluding hydrogens is 335 g/mol. The van der Waals surface area contributed by atoms with Crippen LogP contribution in [0.5, 0.6) is 0 Å². The number of rotatable bonds is 0. The summed E-state index contributed by atoms with van der Waals surface area (Å²) >= 11 is 0. The molecule has 9 nitrogen and oxygen atoms in total. The van der Waals surface area contributed by atoms with E-state index < -0.39 is 22.8 Å². The van der Waals surface area contributed by atoms with Gasteiger partial charge in [0.25, 0.3) is 0 Å². The fourth-order valence-corrected chi connectivity index (χ4v) is 0. The first-order valence-electron chi connectivity index (χ1n) is 2.98.